The molecule has 0 aromatic heterocycles. The Morgan fingerprint density at radius 1 is 0.341 bits per heavy atom. The fourth-order valence-corrected chi connectivity index (χ4v) is 7.37. The van der Waals surface area contributed by atoms with E-state index < -0.39 is 13.3 Å². The molecule has 2 N–H and O–H groups in total. The van der Waals surface area contributed by atoms with Gasteiger partial charge in [0.25, 0.3) is 0 Å². The molecule has 0 saturated heterocycles. The Morgan fingerprint density at radius 2 is 0.512 bits per heavy atom. The van der Waals surface area contributed by atoms with Crippen molar-refractivity contribution in [3.63, 3.8) is 0 Å². The van der Waals surface area contributed by atoms with Crippen LogP contribution in [0.25, 0.3) is 0 Å². The Balaban J connectivity index is 3.49. The zero-order chi connectivity index (χ0) is 30.1. The van der Waals surface area contributed by atoms with Crippen LogP contribution in [0.2, 0.25) is 0 Å². The Labute approximate surface area is 259 Å². The summed E-state index contributed by atoms with van der Waals surface area (Å²) in [6.45, 7) is 4.57. The van der Waals surface area contributed by atoms with E-state index in [0.29, 0.717) is 12.8 Å². The Hall–Kier alpha value is 0.150. The molecule has 0 atom stereocenters. The van der Waals surface area contributed by atoms with Crippen LogP contribution in [-0.2, 0) is 4.57 Å². The quantitative estimate of drug-likeness (QED) is 0.0562. The number of hydrogen-bond donors (Lipinski definition) is 2. The molecule has 0 amide bonds. The second-order valence-electron chi connectivity index (χ2n) is 13.4. The van der Waals surface area contributed by atoms with Gasteiger partial charge in [-0.15, -0.1) is 0 Å². The second kappa shape index (κ2) is 33.1. The monoisotopic (exact) mass is 601 g/mol. The second-order valence-corrected chi connectivity index (χ2v) is 15.3. The van der Waals surface area contributed by atoms with Gasteiger partial charge in [0.15, 0.2) is 0 Å². The van der Waals surface area contributed by atoms with E-state index in [2.05, 4.69) is 13.8 Å². The van der Waals surface area contributed by atoms with Crippen molar-refractivity contribution >= 4 is 7.60 Å². The van der Waals surface area contributed by atoms with Crippen molar-refractivity contribution in [2.45, 2.75) is 238 Å². The lowest BCUT2D eigenvalue weighted by molar-refractivity contribution is 0.345. The molecule has 0 saturated carbocycles. The van der Waals surface area contributed by atoms with Crippen LogP contribution in [-0.4, -0.2) is 15.4 Å². The molecule has 0 bridgehead atoms. The van der Waals surface area contributed by atoms with Gasteiger partial charge in [0.2, 0.25) is 0 Å². The summed E-state index contributed by atoms with van der Waals surface area (Å²) in [5, 5.41) is 0. The third-order valence-corrected chi connectivity index (χ3v) is 10.7. The summed E-state index contributed by atoms with van der Waals surface area (Å²) in [7, 11) is -3.96. The van der Waals surface area contributed by atoms with Crippen LogP contribution in [0, 0.1) is 0 Å². The van der Waals surface area contributed by atoms with E-state index in [1.807, 2.05) is 0 Å². The van der Waals surface area contributed by atoms with Gasteiger partial charge in [0, 0.05) is 0 Å². The van der Waals surface area contributed by atoms with Crippen LogP contribution in [0.4, 0.5) is 0 Å². The van der Waals surface area contributed by atoms with E-state index >= 15 is 0 Å². The van der Waals surface area contributed by atoms with E-state index in [-0.39, 0.29) is 0 Å². The maximum atomic E-state index is 12.0. The third-order valence-electron chi connectivity index (χ3n) is 9.26. The van der Waals surface area contributed by atoms with Crippen LogP contribution >= 0.6 is 7.60 Å². The third kappa shape index (κ3) is 32.9. The highest BCUT2D eigenvalue weighted by atomic mass is 31.2. The molecule has 0 fully saturated rings. The normalized spacial score (nSPS) is 12.1. The molecule has 0 unspecified atom stereocenters. The van der Waals surface area contributed by atoms with Crippen LogP contribution in [0.1, 0.15) is 232 Å². The Morgan fingerprint density at radius 3 is 0.683 bits per heavy atom. The first-order chi connectivity index (χ1) is 20.0. The van der Waals surface area contributed by atoms with Crippen LogP contribution < -0.4 is 0 Å². The van der Waals surface area contributed by atoms with Gasteiger partial charge in [-0.05, 0) is 12.8 Å². The first kappa shape index (κ1) is 41.1. The molecular formula is C37H77O3P. The predicted molar refractivity (Wildman–Crippen MR) is 184 cm³/mol. The molecule has 0 aromatic carbocycles. The summed E-state index contributed by atoms with van der Waals surface area (Å²) in [5.74, 6) is 0. The molecule has 0 aliphatic rings. The first-order valence-electron chi connectivity index (χ1n) is 19.1. The summed E-state index contributed by atoms with van der Waals surface area (Å²) in [6.07, 6.45) is 44.2. The lowest BCUT2D eigenvalue weighted by atomic mass is 10.0. The van der Waals surface area contributed by atoms with Crippen molar-refractivity contribution in [3.05, 3.63) is 0 Å². The molecular weight excluding hydrogens is 523 g/mol. The van der Waals surface area contributed by atoms with Crippen molar-refractivity contribution in [2.24, 2.45) is 0 Å². The molecule has 0 aliphatic carbocycles. The average Bonchev–Trinajstić information content (AvgIpc) is 2.95. The van der Waals surface area contributed by atoms with E-state index in [9.17, 15) is 14.4 Å². The SMILES string of the molecule is CCCCCCCCCCCCCCCCCCC(CCCCCCCCCCCCCCCCCC)P(=O)(O)O. The Bertz CT molecular complexity index is 496. The van der Waals surface area contributed by atoms with E-state index in [0.717, 1.165) is 25.7 Å². The van der Waals surface area contributed by atoms with Crippen molar-refractivity contribution in [3.8, 4) is 0 Å². The number of rotatable bonds is 35. The van der Waals surface area contributed by atoms with Crippen molar-refractivity contribution in [2.75, 3.05) is 0 Å². The molecule has 248 valence electrons. The minimum absolute atomic E-state index is 0.402. The highest BCUT2D eigenvalue weighted by molar-refractivity contribution is 7.52. The standard InChI is InChI=1S/C37H77O3P/c1-3-5-7-9-11-13-15-17-19-21-23-25-27-29-31-33-35-37(41(38,39)40)36-34-32-30-28-26-24-22-20-18-16-14-12-10-8-6-4-2/h37H,3-36H2,1-2H3,(H2,38,39,40). The maximum absolute atomic E-state index is 12.0. The van der Waals surface area contributed by atoms with Crippen LogP contribution in [0.15, 0.2) is 0 Å². The fourth-order valence-electron chi connectivity index (χ4n) is 6.34. The minimum Gasteiger partial charge on any atom is -0.324 e. The van der Waals surface area contributed by atoms with Crippen LogP contribution in [0.5, 0.6) is 0 Å². The summed E-state index contributed by atoms with van der Waals surface area (Å²) < 4.78 is 12.0. The van der Waals surface area contributed by atoms with Gasteiger partial charge in [-0.1, -0.05) is 219 Å². The fraction of sp³-hybridized carbons (Fsp3) is 1.00. The van der Waals surface area contributed by atoms with Gasteiger partial charge >= 0.3 is 7.60 Å². The van der Waals surface area contributed by atoms with E-state index in [1.54, 1.807) is 0 Å². The zero-order valence-corrected chi connectivity index (χ0v) is 29.3. The first-order valence-corrected chi connectivity index (χ1v) is 20.8. The van der Waals surface area contributed by atoms with E-state index in [4.69, 9.17) is 0 Å². The maximum Gasteiger partial charge on any atom is 0.328 e. The predicted octanol–water partition coefficient (Wildman–Crippen LogP) is 13.8. The molecule has 0 radical (unpaired) electrons. The van der Waals surface area contributed by atoms with Crippen LogP contribution in [0.3, 0.4) is 0 Å². The lowest BCUT2D eigenvalue weighted by Crippen LogP contribution is -2.08. The zero-order valence-electron chi connectivity index (χ0n) is 28.4. The average molecular weight is 601 g/mol. The molecule has 0 heterocycles. The van der Waals surface area contributed by atoms with Gasteiger partial charge < -0.3 is 9.79 Å². The number of hydrogen-bond acceptors (Lipinski definition) is 1. The minimum atomic E-state index is -3.96. The Kier molecular flexibility index (Phi) is 33.2. The van der Waals surface area contributed by atoms with Gasteiger partial charge in [0.1, 0.15) is 0 Å². The highest BCUT2D eigenvalue weighted by Gasteiger charge is 2.27. The highest BCUT2D eigenvalue weighted by Crippen LogP contribution is 2.46. The smallest absolute Gasteiger partial charge is 0.324 e. The topological polar surface area (TPSA) is 57.5 Å². The molecule has 0 spiro atoms. The summed E-state index contributed by atoms with van der Waals surface area (Å²) in [5.41, 5.74) is -0.402. The molecule has 0 aromatic rings. The lowest BCUT2D eigenvalue weighted by Gasteiger charge is -2.18. The summed E-state index contributed by atoms with van der Waals surface area (Å²) in [4.78, 5) is 19.7. The molecule has 0 rings (SSSR count). The van der Waals surface area contributed by atoms with Crippen molar-refractivity contribution < 1.29 is 14.4 Å². The van der Waals surface area contributed by atoms with Gasteiger partial charge in [-0.3, -0.25) is 4.57 Å². The van der Waals surface area contributed by atoms with Crippen molar-refractivity contribution in [1.82, 2.24) is 0 Å². The van der Waals surface area contributed by atoms with Gasteiger partial charge in [0.05, 0.1) is 5.66 Å². The van der Waals surface area contributed by atoms with Gasteiger partial charge in [-0.2, -0.15) is 0 Å². The number of unbranched alkanes of at least 4 members (excludes halogenated alkanes) is 30. The molecule has 4 heteroatoms. The largest absolute Gasteiger partial charge is 0.328 e. The summed E-state index contributed by atoms with van der Waals surface area (Å²) >= 11 is 0. The molecule has 41 heavy (non-hydrogen) atoms. The van der Waals surface area contributed by atoms with Crippen molar-refractivity contribution in [1.29, 1.82) is 0 Å². The molecule has 0 aliphatic heterocycles. The molecule has 3 nitrogen and oxygen atoms in total. The van der Waals surface area contributed by atoms with E-state index in [1.165, 1.54) is 180 Å². The summed E-state index contributed by atoms with van der Waals surface area (Å²) in [6, 6.07) is 0. The van der Waals surface area contributed by atoms with Gasteiger partial charge in [-0.25, -0.2) is 0 Å².